The van der Waals surface area contributed by atoms with Crippen LogP contribution in [0, 0.1) is 262 Å². The highest BCUT2D eigenvalue weighted by atomic mass is 19.4. The fourth-order valence-electron chi connectivity index (χ4n) is 17.7. The third-order valence-electron chi connectivity index (χ3n) is 23.2. The summed E-state index contributed by atoms with van der Waals surface area (Å²) < 4.78 is 785. The largest absolute Gasteiger partial charge is 0.514 e. The fraction of sp³-hybridized carbons (Fsp3) is 0.0952. The van der Waals surface area contributed by atoms with Gasteiger partial charge in [-0.1, -0.05) is 20.3 Å². The molecule has 0 spiro atoms. The summed E-state index contributed by atoms with van der Waals surface area (Å²) in [5, 5.41) is -71.2. The second-order valence-corrected chi connectivity index (χ2v) is 29.9. The molecule has 51 heteroatoms. The van der Waals surface area contributed by atoms with Gasteiger partial charge in [-0.25, -0.2) is 193 Å². The van der Waals surface area contributed by atoms with Crippen LogP contribution in [0.3, 0.4) is 0 Å². The molecule has 0 amide bonds. The van der Waals surface area contributed by atoms with E-state index >= 15 is 158 Å². The first-order valence-electron chi connectivity index (χ1n) is 36.4. The van der Waals surface area contributed by atoms with Crippen molar-refractivity contribution in [1.29, 1.82) is 0 Å². The lowest BCUT2D eigenvalue weighted by atomic mass is 9.11. The molecule has 0 aliphatic carbocycles. The van der Waals surface area contributed by atoms with Gasteiger partial charge in [-0.2, -0.15) is 13.2 Å². The van der Waals surface area contributed by atoms with E-state index in [1.165, 1.54) is 0 Å². The van der Waals surface area contributed by atoms with Gasteiger partial charge in [-0.05, 0) is 40.1 Å². The number of quaternary nitrogens is 1. The van der Waals surface area contributed by atoms with Crippen LogP contribution in [0.15, 0.2) is 12.1 Å². The zero-order valence-electron chi connectivity index (χ0n) is 63.5. The van der Waals surface area contributed by atoms with Gasteiger partial charge < -0.3 is 0 Å². The maximum absolute atomic E-state index is 19.3. The molecule has 0 fully saturated rings. The molecule has 0 aliphatic heterocycles. The summed E-state index contributed by atoms with van der Waals surface area (Å²) in [6.45, 7) is 3.31. The normalized spacial score (nSPS) is 12.9. The highest BCUT2D eigenvalue weighted by molar-refractivity contribution is 7.23. The molecule has 0 saturated carbocycles. The first-order chi connectivity index (χ1) is 62.7. The standard InChI is InChI=1S/C64BF36.C12H2F8.C8H14F5N/c66-29-9-1-5-17(33(29)70)49(86)61(98)53(90)21(5)41(78)37(74)13(1)45(82)57(94)25(9)65(26-10-2-6-18(34(71)30(10)67)50(87)62(99)54(91)22(6)42(79)38(75)14(2)46(83)58(26)95,27-11-3-7-19(35(72)31(11)68)51(88)63(100)55(92)23(7)43(80)39(76)15(3)47(84)59(27)96)28-12-4-8-20(36(73)32(12)69)52(89)64(101)56(93)24(8)44(81)40(77)16(4)48(85)60(28)97;13-4-2-1-3(6(14)7(4)15)5-8(16)10(18)12(20)11(19)9(5)17;1-3-4-6(2)5-14-8(12,13)7(9,10)11/h;1-2H;6,14H,3-5H2,1-2H3/q-1;;/p+1. The van der Waals surface area contributed by atoms with Gasteiger partial charge in [-0.15, -0.1) is 30.6 Å². The van der Waals surface area contributed by atoms with Crippen LogP contribution in [0.2, 0.25) is 0 Å². The molecule has 18 aromatic rings. The number of benzene rings is 18. The highest BCUT2D eigenvalue weighted by Crippen LogP contribution is 2.54. The third-order valence-corrected chi connectivity index (χ3v) is 23.2. The van der Waals surface area contributed by atoms with E-state index in [1.54, 1.807) is 6.92 Å². The van der Waals surface area contributed by atoms with Crippen molar-refractivity contribution in [2.75, 3.05) is 6.54 Å². The van der Waals surface area contributed by atoms with Crippen LogP contribution in [0.4, 0.5) is 215 Å². The van der Waals surface area contributed by atoms with E-state index in [0.29, 0.717) is 18.6 Å². The lowest BCUT2D eigenvalue weighted by Gasteiger charge is -2.48. The van der Waals surface area contributed by atoms with Crippen LogP contribution in [-0.2, 0) is 0 Å². The summed E-state index contributed by atoms with van der Waals surface area (Å²) in [7, 11) is 0. The SMILES string of the molecule is CCCC(C)C[NH2+]C(F)(F)C(F)(F)F.Fc1c(F)c2c(F)c(F)c3c(F)c(F)c([B-](c4c(F)c(F)c5c(F)c(F)c6c(F)c(F)c(F)c7c(F)c(F)c4c5c67)(c4c(F)c(F)c5c(F)c(F)c6c(F)c(F)c(F)c7c(F)c(F)c4c5c67)c4c(F)c(F)c5c(F)c(F)c6c(F)c(F)c(F)c7c(F)c(F)c4c5c67)c4c(F)c(F)c(c1F)c2c34.Fc1ccc(-c2c(F)c(F)c(F)c(F)c2F)c(F)c1F. The van der Waals surface area contributed by atoms with Crippen LogP contribution in [0.1, 0.15) is 26.7 Å². The van der Waals surface area contributed by atoms with Crippen molar-refractivity contribution in [1.82, 2.24) is 0 Å². The molecule has 0 saturated heterocycles. The van der Waals surface area contributed by atoms with Crippen molar-refractivity contribution in [2.24, 2.45) is 5.92 Å². The second-order valence-electron chi connectivity index (χ2n) is 29.9. The van der Waals surface area contributed by atoms with Gasteiger partial charge in [0.15, 0.2) is 227 Å². The minimum Gasteiger partial charge on any atom is -0.277 e. The van der Waals surface area contributed by atoms with Crippen molar-refractivity contribution in [2.45, 2.75) is 38.9 Å². The Labute approximate surface area is 706 Å². The minimum atomic E-state index is -8.50. The van der Waals surface area contributed by atoms with Crippen LogP contribution >= 0.6 is 0 Å². The third kappa shape index (κ3) is 11.9. The van der Waals surface area contributed by atoms with Crippen molar-refractivity contribution in [3.8, 4) is 11.1 Å². The smallest absolute Gasteiger partial charge is 0.277 e. The van der Waals surface area contributed by atoms with Crippen molar-refractivity contribution in [3.63, 3.8) is 0 Å². The molecule has 0 aliphatic rings. The predicted octanol–water partition coefficient (Wildman–Crippen LogP) is 26.3. The van der Waals surface area contributed by atoms with Gasteiger partial charge in [0.1, 0.15) is 29.4 Å². The fourth-order valence-corrected chi connectivity index (χ4v) is 17.7. The molecule has 704 valence electrons. The molecule has 0 heterocycles. The summed E-state index contributed by atoms with van der Waals surface area (Å²) in [6, 6.07) is -3.99. The molecule has 2 N–H and O–H groups in total. The molecule has 1 nitrogen and oxygen atoms in total. The highest BCUT2D eigenvalue weighted by Gasteiger charge is 2.63. The molecule has 18 aromatic carbocycles. The van der Waals surface area contributed by atoms with Crippen molar-refractivity contribution < 1.29 is 220 Å². The quantitative estimate of drug-likeness (QED) is 0.0351. The average Bonchev–Trinajstić information content (AvgIpc) is 0.645. The summed E-state index contributed by atoms with van der Waals surface area (Å²) in [6.07, 6.45) is -12.5. The molecule has 18 rings (SSSR count). The van der Waals surface area contributed by atoms with Gasteiger partial charge in [0.25, 0.3) is 0 Å². The van der Waals surface area contributed by atoms with Crippen LogP contribution < -0.4 is 27.2 Å². The van der Waals surface area contributed by atoms with E-state index in [4.69, 9.17) is 0 Å². The molecule has 0 bridgehead atoms. The predicted molar refractivity (Wildman–Crippen MR) is 377 cm³/mol. The lowest BCUT2D eigenvalue weighted by molar-refractivity contribution is -0.813. The Balaban J connectivity index is 0.000000327. The van der Waals surface area contributed by atoms with Crippen LogP contribution in [0.5, 0.6) is 0 Å². The molecule has 0 aromatic heterocycles. The van der Waals surface area contributed by atoms with Gasteiger partial charge in [-0.3, -0.25) is 5.32 Å². The maximum atomic E-state index is 19.3. The van der Waals surface area contributed by atoms with Gasteiger partial charge in [0.05, 0.1) is 76.7 Å². The molecular formula is C84H17BF49N. The molecular weight excluding hydrogens is 1960 g/mol. The first-order valence-corrected chi connectivity index (χ1v) is 36.4. The Kier molecular flexibility index (Phi) is 21.9. The van der Waals surface area contributed by atoms with Gasteiger partial charge in [0.2, 0.25) is 5.82 Å². The summed E-state index contributed by atoms with van der Waals surface area (Å²) in [5.41, 5.74) is -18.8. The Morgan fingerprint density at radius 3 is 0.578 bits per heavy atom. The van der Waals surface area contributed by atoms with E-state index in [0.717, 1.165) is 6.42 Å². The van der Waals surface area contributed by atoms with Gasteiger partial charge >= 0.3 is 12.2 Å². The van der Waals surface area contributed by atoms with E-state index in [1.807, 2.05) is 6.92 Å². The summed E-state index contributed by atoms with van der Waals surface area (Å²) in [4.78, 5) is 0. The Hall–Kier alpha value is -13.3. The molecule has 0 radical (unpaired) electrons. The van der Waals surface area contributed by atoms with Crippen molar-refractivity contribution in [3.05, 3.63) is 268 Å². The second kappa shape index (κ2) is 31.1. The zero-order valence-corrected chi connectivity index (χ0v) is 63.5. The molecule has 1 atom stereocenters. The van der Waals surface area contributed by atoms with E-state index in [-0.39, 0.29) is 17.8 Å². The number of hydrogen-bond donors (Lipinski definition) is 1. The van der Waals surface area contributed by atoms with Crippen molar-refractivity contribution >= 4 is 157 Å². The Morgan fingerprint density at radius 2 is 0.378 bits per heavy atom. The van der Waals surface area contributed by atoms with Gasteiger partial charge in [0, 0.05) is 54.6 Å². The van der Waals surface area contributed by atoms with E-state index in [9.17, 15) is 57.1 Å². The number of hydrogen-bond acceptors (Lipinski definition) is 0. The summed E-state index contributed by atoms with van der Waals surface area (Å²) in [5.74, 6) is -147. The summed E-state index contributed by atoms with van der Waals surface area (Å²) >= 11 is 0. The number of rotatable bonds is 10. The minimum absolute atomic E-state index is 0.0628. The monoisotopic (exact) mass is 1980 g/mol. The maximum Gasteiger partial charge on any atom is 0.514 e. The number of alkyl halides is 5. The zero-order chi connectivity index (χ0) is 100. The number of halogens is 49. The average molecular weight is 1980 g/mol. The Bertz CT molecular complexity index is 7510. The molecule has 135 heavy (non-hydrogen) atoms. The Morgan fingerprint density at radius 1 is 0.207 bits per heavy atom. The number of nitrogens with two attached hydrogens (primary N) is 1. The topological polar surface area (TPSA) is 16.6 Å². The van der Waals surface area contributed by atoms with Crippen LogP contribution in [-0.4, -0.2) is 24.9 Å². The molecule has 1 unspecified atom stereocenters. The van der Waals surface area contributed by atoms with E-state index < -0.39 is 437 Å². The van der Waals surface area contributed by atoms with Crippen LogP contribution in [0.25, 0.3) is 140 Å². The van der Waals surface area contributed by atoms with E-state index in [2.05, 4.69) is 0 Å². The first kappa shape index (κ1) is 94.9. The lowest BCUT2D eigenvalue weighted by Crippen LogP contribution is -2.98.